The lowest BCUT2D eigenvalue weighted by molar-refractivity contribution is -0.133. The summed E-state index contributed by atoms with van der Waals surface area (Å²) >= 11 is 0. The predicted octanol–water partition coefficient (Wildman–Crippen LogP) is 2.13. The highest BCUT2D eigenvalue weighted by Crippen LogP contribution is 2.56. The molecule has 2 heterocycles. The minimum atomic E-state index is 0.0457. The van der Waals surface area contributed by atoms with Crippen molar-refractivity contribution in [3.63, 3.8) is 0 Å². The lowest BCUT2D eigenvalue weighted by Gasteiger charge is -2.22. The van der Waals surface area contributed by atoms with E-state index in [-0.39, 0.29) is 5.91 Å². The Balaban J connectivity index is 1.36. The molecule has 5 heteroatoms. The Labute approximate surface area is 137 Å². The smallest absolute Gasteiger partial charge is 0.270 e. The number of carbonyl (C=O) groups excluding carboxylic acids is 2. The maximum atomic E-state index is 12.8. The van der Waals surface area contributed by atoms with Crippen molar-refractivity contribution in [3.8, 4) is 0 Å². The van der Waals surface area contributed by atoms with Gasteiger partial charge in [0.15, 0.2) is 0 Å². The number of rotatable bonds is 2. The van der Waals surface area contributed by atoms with Crippen LogP contribution in [0.4, 0.5) is 0 Å². The second-order valence-corrected chi connectivity index (χ2v) is 7.19. The number of H-pyrrole nitrogens is 1. The molecule has 0 bridgehead atoms. The topological polar surface area (TPSA) is 56.4 Å². The zero-order valence-corrected chi connectivity index (χ0v) is 13.5. The second-order valence-electron chi connectivity index (χ2n) is 7.19. The van der Waals surface area contributed by atoms with Gasteiger partial charge in [-0.2, -0.15) is 0 Å². The average Bonchev–Trinajstić information content (AvgIpc) is 3.16. The summed E-state index contributed by atoms with van der Waals surface area (Å²) in [7, 11) is 0. The molecule has 1 aromatic heterocycles. The maximum Gasteiger partial charge on any atom is 0.270 e. The summed E-state index contributed by atoms with van der Waals surface area (Å²) in [5, 5.41) is 0. The third kappa shape index (κ3) is 2.77. The lowest BCUT2D eigenvalue weighted by atomic mass is 10.0. The standard InChI is InChI=1S/C18H25N3O2/c22-17(15-7-3-8-19-15)20-9-4-10-21(12-11-20)18(23)16-13-5-1-2-6-14(13)16/h3,7-8,13-14,16,19H,1-2,4-6,9-12H2. The first kappa shape index (κ1) is 14.8. The summed E-state index contributed by atoms with van der Waals surface area (Å²) < 4.78 is 0. The number of aromatic amines is 1. The van der Waals surface area contributed by atoms with Gasteiger partial charge in [0, 0.05) is 38.3 Å². The zero-order valence-electron chi connectivity index (χ0n) is 13.5. The van der Waals surface area contributed by atoms with Gasteiger partial charge in [0.2, 0.25) is 5.91 Å². The van der Waals surface area contributed by atoms with Crippen molar-refractivity contribution in [2.45, 2.75) is 32.1 Å². The van der Waals surface area contributed by atoms with E-state index in [1.807, 2.05) is 21.9 Å². The number of carbonyl (C=O) groups is 2. The molecule has 23 heavy (non-hydrogen) atoms. The first-order valence-corrected chi connectivity index (χ1v) is 8.97. The van der Waals surface area contributed by atoms with E-state index in [9.17, 15) is 9.59 Å². The predicted molar refractivity (Wildman–Crippen MR) is 86.8 cm³/mol. The van der Waals surface area contributed by atoms with E-state index >= 15 is 0 Å². The summed E-state index contributed by atoms with van der Waals surface area (Å²) in [5.41, 5.74) is 0.637. The quantitative estimate of drug-likeness (QED) is 0.909. The number of hydrogen-bond donors (Lipinski definition) is 1. The van der Waals surface area contributed by atoms with E-state index in [1.54, 1.807) is 6.20 Å². The highest BCUT2D eigenvalue weighted by atomic mass is 16.2. The molecule has 0 radical (unpaired) electrons. The highest BCUT2D eigenvalue weighted by molar-refractivity contribution is 5.92. The van der Waals surface area contributed by atoms with Crippen LogP contribution in [0.2, 0.25) is 0 Å². The molecule has 2 atom stereocenters. The van der Waals surface area contributed by atoms with Crippen LogP contribution in [-0.4, -0.2) is 52.8 Å². The normalized spacial score (nSPS) is 30.5. The zero-order chi connectivity index (χ0) is 15.8. The molecule has 2 unspecified atom stereocenters. The molecule has 0 aromatic carbocycles. The van der Waals surface area contributed by atoms with E-state index in [1.165, 1.54) is 25.7 Å². The molecule has 1 aromatic rings. The Bertz CT molecular complexity index is 571. The largest absolute Gasteiger partial charge is 0.357 e. The average molecular weight is 315 g/mol. The van der Waals surface area contributed by atoms with Crippen LogP contribution in [0.15, 0.2) is 18.3 Å². The highest BCUT2D eigenvalue weighted by Gasteiger charge is 2.55. The second kappa shape index (κ2) is 6.02. The van der Waals surface area contributed by atoms with Crippen molar-refractivity contribution in [2.24, 2.45) is 17.8 Å². The first-order chi connectivity index (χ1) is 11.3. The van der Waals surface area contributed by atoms with Gasteiger partial charge in [-0.15, -0.1) is 0 Å². The van der Waals surface area contributed by atoms with Crippen LogP contribution in [0.25, 0.3) is 0 Å². The molecular formula is C18H25N3O2. The van der Waals surface area contributed by atoms with Crippen molar-refractivity contribution in [3.05, 3.63) is 24.0 Å². The van der Waals surface area contributed by atoms with Crippen molar-refractivity contribution < 1.29 is 9.59 Å². The third-order valence-corrected chi connectivity index (χ3v) is 5.86. The maximum absolute atomic E-state index is 12.8. The fourth-order valence-electron chi connectivity index (χ4n) is 4.54. The molecule has 3 fully saturated rings. The van der Waals surface area contributed by atoms with Gasteiger partial charge in [-0.1, -0.05) is 12.8 Å². The van der Waals surface area contributed by atoms with E-state index < -0.39 is 0 Å². The molecule has 2 amide bonds. The molecule has 2 aliphatic carbocycles. The lowest BCUT2D eigenvalue weighted by Crippen LogP contribution is -2.38. The molecule has 4 rings (SSSR count). The van der Waals surface area contributed by atoms with Crippen LogP contribution in [0.5, 0.6) is 0 Å². The summed E-state index contributed by atoms with van der Waals surface area (Å²) in [6, 6.07) is 3.65. The molecule has 5 nitrogen and oxygen atoms in total. The molecule has 2 saturated carbocycles. The van der Waals surface area contributed by atoms with Gasteiger partial charge in [0.1, 0.15) is 5.69 Å². The number of hydrogen-bond acceptors (Lipinski definition) is 2. The van der Waals surface area contributed by atoms with Gasteiger partial charge in [0.05, 0.1) is 0 Å². The number of aromatic nitrogens is 1. The summed E-state index contributed by atoms with van der Waals surface area (Å²) in [6.45, 7) is 2.86. The Morgan fingerprint density at radius 2 is 1.65 bits per heavy atom. The van der Waals surface area contributed by atoms with Crippen LogP contribution in [0, 0.1) is 17.8 Å². The van der Waals surface area contributed by atoms with Crippen molar-refractivity contribution in [2.75, 3.05) is 26.2 Å². The molecule has 124 valence electrons. The summed E-state index contributed by atoms with van der Waals surface area (Å²) in [5.74, 6) is 2.02. The van der Waals surface area contributed by atoms with E-state index in [0.717, 1.165) is 19.5 Å². The fourth-order valence-corrected chi connectivity index (χ4v) is 4.54. The Kier molecular flexibility index (Phi) is 3.87. The molecular weight excluding hydrogens is 290 g/mol. The monoisotopic (exact) mass is 315 g/mol. The van der Waals surface area contributed by atoms with E-state index in [0.29, 0.717) is 42.4 Å². The van der Waals surface area contributed by atoms with E-state index in [2.05, 4.69) is 4.98 Å². The minimum absolute atomic E-state index is 0.0457. The Morgan fingerprint density at radius 3 is 2.35 bits per heavy atom. The van der Waals surface area contributed by atoms with Crippen LogP contribution in [-0.2, 0) is 4.79 Å². The molecule has 1 aliphatic heterocycles. The van der Waals surface area contributed by atoms with E-state index in [4.69, 9.17) is 0 Å². The fraction of sp³-hybridized carbons (Fsp3) is 0.667. The summed E-state index contributed by atoms with van der Waals surface area (Å²) in [4.78, 5) is 32.1. The van der Waals surface area contributed by atoms with Gasteiger partial charge in [-0.3, -0.25) is 9.59 Å². The number of amides is 2. The van der Waals surface area contributed by atoms with Crippen molar-refractivity contribution in [1.29, 1.82) is 0 Å². The molecule has 1 saturated heterocycles. The first-order valence-electron chi connectivity index (χ1n) is 8.97. The van der Waals surface area contributed by atoms with Gasteiger partial charge >= 0.3 is 0 Å². The third-order valence-electron chi connectivity index (χ3n) is 5.86. The Morgan fingerprint density at radius 1 is 0.957 bits per heavy atom. The van der Waals surface area contributed by atoms with Crippen LogP contribution in [0.3, 0.4) is 0 Å². The number of nitrogens with zero attached hydrogens (tertiary/aromatic N) is 2. The van der Waals surface area contributed by atoms with Gasteiger partial charge < -0.3 is 14.8 Å². The molecule has 3 aliphatic rings. The SMILES string of the molecule is O=C(c1ccc[nH]1)N1CCCN(C(=O)C2C3CCCCC32)CC1. The van der Waals surface area contributed by atoms with Crippen LogP contribution < -0.4 is 0 Å². The van der Waals surface area contributed by atoms with Gasteiger partial charge in [-0.25, -0.2) is 0 Å². The minimum Gasteiger partial charge on any atom is -0.357 e. The van der Waals surface area contributed by atoms with Crippen molar-refractivity contribution >= 4 is 11.8 Å². The molecule has 0 spiro atoms. The van der Waals surface area contributed by atoms with Gasteiger partial charge in [0.25, 0.3) is 5.91 Å². The van der Waals surface area contributed by atoms with Gasteiger partial charge in [-0.05, 0) is 43.2 Å². The van der Waals surface area contributed by atoms with Crippen LogP contribution >= 0.6 is 0 Å². The number of nitrogens with one attached hydrogen (secondary N) is 1. The number of fused-ring (bicyclic) bond motifs is 1. The van der Waals surface area contributed by atoms with Crippen LogP contribution in [0.1, 0.15) is 42.6 Å². The summed E-state index contributed by atoms with van der Waals surface area (Å²) in [6.07, 6.45) is 7.72. The van der Waals surface area contributed by atoms with Crippen molar-refractivity contribution in [1.82, 2.24) is 14.8 Å². The Hall–Kier alpha value is -1.78. The molecule has 1 N–H and O–H groups in total.